The number of benzene rings is 4. The van der Waals surface area contributed by atoms with Crippen molar-refractivity contribution in [2.45, 2.75) is 25.3 Å². The number of carbonyl (C=O) groups excluding carboxylic acids is 1. The van der Waals surface area contributed by atoms with Crippen LogP contribution in [0.1, 0.15) is 36.4 Å². The third-order valence-corrected chi connectivity index (χ3v) is 8.73. The zero-order chi connectivity index (χ0) is 28.9. The first kappa shape index (κ1) is 28.4. The highest BCUT2D eigenvalue weighted by molar-refractivity contribution is 8.14. The van der Waals surface area contributed by atoms with Crippen molar-refractivity contribution < 1.29 is 4.79 Å². The number of halogens is 2. The lowest BCUT2D eigenvalue weighted by Gasteiger charge is -2.33. The first-order valence-corrected chi connectivity index (χ1v) is 15.6. The maximum atomic E-state index is 13.8. The third-order valence-electron chi connectivity index (χ3n) is 7.35. The summed E-state index contributed by atoms with van der Waals surface area (Å²) in [6.07, 6.45) is 5.17. The van der Waals surface area contributed by atoms with Crippen LogP contribution in [-0.2, 0) is 4.79 Å². The monoisotopic (exact) mass is 609 g/mol. The minimum absolute atomic E-state index is 0.0229. The lowest BCUT2D eigenvalue weighted by Crippen LogP contribution is -2.33. The molecule has 1 N–H and O–H groups in total. The van der Waals surface area contributed by atoms with Gasteiger partial charge in [0.2, 0.25) is 5.91 Å². The second-order valence-corrected chi connectivity index (χ2v) is 12.0. The van der Waals surface area contributed by atoms with Crippen LogP contribution in [0.3, 0.4) is 0 Å². The topological polar surface area (TPSA) is 44.7 Å². The smallest absolute Gasteiger partial charge is 0.242 e. The van der Waals surface area contributed by atoms with E-state index in [-0.39, 0.29) is 17.7 Å². The summed E-state index contributed by atoms with van der Waals surface area (Å²) in [6.45, 7) is 0. The molecule has 4 nitrogen and oxygen atoms in total. The van der Waals surface area contributed by atoms with Crippen molar-refractivity contribution in [3.8, 4) is 0 Å². The number of amidine groups is 1. The molecule has 0 unspecified atom stereocenters. The number of nitrogens with one attached hydrogen (secondary N) is 1. The zero-order valence-electron chi connectivity index (χ0n) is 22.8. The van der Waals surface area contributed by atoms with Crippen molar-refractivity contribution in [3.05, 3.63) is 147 Å². The van der Waals surface area contributed by atoms with E-state index in [1.54, 1.807) is 4.90 Å². The van der Waals surface area contributed by atoms with Crippen molar-refractivity contribution in [1.29, 1.82) is 0 Å². The molecule has 1 aliphatic carbocycles. The summed E-state index contributed by atoms with van der Waals surface area (Å²) >= 11 is 13.8. The molecule has 1 amide bonds. The number of para-hydroxylation sites is 2. The molecule has 0 saturated carbocycles. The van der Waals surface area contributed by atoms with Crippen LogP contribution < -0.4 is 10.2 Å². The Morgan fingerprint density at radius 1 is 0.833 bits per heavy atom. The number of hydrogen-bond donors (Lipinski definition) is 1. The maximum Gasteiger partial charge on any atom is 0.242 e. The van der Waals surface area contributed by atoms with Crippen LogP contribution in [-0.4, -0.2) is 16.8 Å². The molecular formula is C35H29Cl2N3OS. The summed E-state index contributed by atoms with van der Waals surface area (Å²) in [4.78, 5) is 20.7. The number of nitrogens with zero attached hydrogens (tertiary/aromatic N) is 2. The van der Waals surface area contributed by atoms with Crippen molar-refractivity contribution >= 4 is 63.5 Å². The van der Waals surface area contributed by atoms with Crippen LogP contribution >= 0.6 is 35.0 Å². The minimum Gasteiger partial charge on any atom is -0.335 e. The quantitative estimate of drug-likeness (QED) is 0.237. The van der Waals surface area contributed by atoms with Gasteiger partial charge in [-0.2, -0.15) is 0 Å². The van der Waals surface area contributed by atoms with Gasteiger partial charge in [-0.15, -0.1) is 0 Å². The van der Waals surface area contributed by atoms with Gasteiger partial charge in [-0.3, -0.25) is 9.69 Å². The number of thioether (sulfide) groups is 1. The highest BCUT2D eigenvalue weighted by Gasteiger charge is 2.30. The number of allylic oxidation sites excluding steroid dienone is 1. The molecular weight excluding hydrogens is 581 g/mol. The summed E-state index contributed by atoms with van der Waals surface area (Å²) in [5.74, 6) is 0.201. The van der Waals surface area contributed by atoms with Gasteiger partial charge in [-0.25, -0.2) is 4.99 Å². The number of amides is 1. The molecule has 1 atom stereocenters. The van der Waals surface area contributed by atoms with Crippen LogP contribution in [0, 0.1) is 0 Å². The van der Waals surface area contributed by atoms with Crippen LogP contribution in [0.4, 0.5) is 11.4 Å². The van der Waals surface area contributed by atoms with Gasteiger partial charge in [0.25, 0.3) is 0 Å². The summed E-state index contributed by atoms with van der Waals surface area (Å²) in [5.41, 5.74) is 7.43. The van der Waals surface area contributed by atoms with E-state index in [1.165, 1.54) is 22.9 Å². The van der Waals surface area contributed by atoms with Gasteiger partial charge >= 0.3 is 0 Å². The lowest BCUT2D eigenvalue weighted by molar-refractivity contribution is -0.115. The molecule has 1 aliphatic heterocycles. The number of aliphatic imine (C=N–C) groups is 1. The Labute approximate surface area is 260 Å². The van der Waals surface area contributed by atoms with Crippen LogP contribution in [0.15, 0.2) is 131 Å². The SMILES string of the molecule is O=C(CSC1=N[C@H](c2ccc(Cl)cc2)C2=C(N1)/C(=C/c1ccc(Cl)cc1)CCC2)N(c1ccccc1)c1ccccc1. The predicted molar refractivity (Wildman–Crippen MR) is 178 cm³/mol. The minimum atomic E-state index is -0.149. The fraction of sp³-hybridized carbons (Fsp3) is 0.143. The van der Waals surface area contributed by atoms with E-state index >= 15 is 0 Å². The Balaban J connectivity index is 1.31. The van der Waals surface area contributed by atoms with Gasteiger partial charge in [0, 0.05) is 27.1 Å². The van der Waals surface area contributed by atoms with Crippen molar-refractivity contribution in [3.63, 3.8) is 0 Å². The predicted octanol–water partition coefficient (Wildman–Crippen LogP) is 9.61. The van der Waals surface area contributed by atoms with Gasteiger partial charge in [-0.1, -0.05) is 95.6 Å². The van der Waals surface area contributed by atoms with E-state index in [0.717, 1.165) is 57.7 Å². The standard InChI is InChI=1S/C35H29Cl2N3OS/c36-27-18-14-24(15-19-27)22-26-8-7-13-31-33(25-16-20-28(37)21-17-25)38-35(39-34(26)31)42-23-32(41)40(29-9-3-1-4-10-29)30-11-5-2-6-12-30/h1-6,9-12,14-22,33H,7-8,13,23H2,(H,38,39)/b26-22+/t33-/m1/s1. The Bertz CT molecular complexity index is 1610. The molecule has 2 aliphatic rings. The first-order chi connectivity index (χ1) is 20.5. The molecule has 4 aromatic carbocycles. The Kier molecular flexibility index (Phi) is 8.80. The fourth-order valence-electron chi connectivity index (χ4n) is 5.38. The van der Waals surface area contributed by atoms with Crippen LogP contribution in [0.5, 0.6) is 0 Å². The van der Waals surface area contributed by atoms with Gasteiger partial charge in [0.15, 0.2) is 5.17 Å². The van der Waals surface area contributed by atoms with Crippen LogP contribution in [0.2, 0.25) is 10.0 Å². The van der Waals surface area contributed by atoms with E-state index in [1.807, 2.05) is 109 Å². The molecule has 42 heavy (non-hydrogen) atoms. The molecule has 6 rings (SSSR count). The molecule has 210 valence electrons. The highest BCUT2D eigenvalue weighted by Crippen LogP contribution is 2.42. The molecule has 7 heteroatoms. The zero-order valence-corrected chi connectivity index (χ0v) is 25.2. The fourth-order valence-corrected chi connectivity index (χ4v) is 6.37. The molecule has 0 bridgehead atoms. The molecule has 0 fully saturated rings. The second-order valence-electron chi connectivity index (χ2n) is 10.2. The molecule has 0 spiro atoms. The largest absolute Gasteiger partial charge is 0.335 e. The second kappa shape index (κ2) is 13.0. The van der Waals surface area contributed by atoms with Crippen molar-refractivity contribution in [2.24, 2.45) is 4.99 Å². The molecule has 0 aromatic heterocycles. The molecule has 1 heterocycles. The number of carbonyl (C=O) groups is 1. The van der Waals surface area contributed by atoms with Gasteiger partial charge in [0.1, 0.15) is 6.04 Å². The summed E-state index contributed by atoms with van der Waals surface area (Å²) in [7, 11) is 0. The van der Waals surface area contributed by atoms with E-state index < -0.39 is 0 Å². The van der Waals surface area contributed by atoms with E-state index in [0.29, 0.717) is 5.02 Å². The van der Waals surface area contributed by atoms with Gasteiger partial charge < -0.3 is 5.32 Å². The number of anilines is 2. The average molecular weight is 611 g/mol. The highest BCUT2D eigenvalue weighted by atomic mass is 35.5. The molecule has 4 aromatic rings. The molecule has 0 radical (unpaired) electrons. The van der Waals surface area contributed by atoms with Crippen molar-refractivity contribution in [1.82, 2.24) is 5.32 Å². The average Bonchev–Trinajstić information content (AvgIpc) is 3.03. The summed E-state index contributed by atoms with van der Waals surface area (Å²) < 4.78 is 0. The first-order valence-electron chi connectivity index (χ1n) is 13.9. The Morgan fingerprint density at radius 2 is 1.43 bits per heavy atom. The molecule has 0 saturated heterocycles. The maximum absolute atomic E-state index is 13.8. The third kappa shape index (κ3) is 6.49. The van der Waals surface area contributed by atoms with Crippen molar-refractivity contribution in [2.75, 3.05) is 10.7 Å². The van der Waals surface area contributed by atoms with E-state index in [9.17, 15) is 4.79 Å². The van der Waals surface area contributed by atoms with Gasteiger partial charge in [-0.05, 0) is 96.1 Å². The van der Waals surface area contributed by atoms with Crippen LogP contribution in [0.25, 0.3) is 6.08 Å². The van der Waals surface area contributed by atoms with E-state index in [4.69, 9.17) is 28.2 Å². The number of rotatable bonds is 6. The van der Waals surface area contributed by atoms with Gasteiger partial charge in [0.05, 0.1) is 5.75 Å². The summed E-state index contributed by atoms with van der Waals surface area (Å²) in [5, 5.41) is 5.76. The lowest BCUT2D eigenvalue weighted by atomic mass is 9.84. The number of hydrogen-bond acceptors (Lipinski definition) is 4. The normalized spacial score (nSPS) is 17.3. The Hall–Kier alpha value is -3.77. The van der Waals surface area contributed by atoms with E-state index in [2.05, 4.69) is 11.4 Å². The Morgan fingerprint density at radius 3 is 2.05 bits per heavy atom. The summed E-state index contributed by atoms with van der Waals surface area (Å²) in [6, 6.07) is 35.2.